The van der Waals surface area contributed by atoms with Crippen molar-refractivity contribution in [3.05, 3.63) is 70.6 Å². The number of ether oxygens (including phenoxy) is 1. The molecule has 4 heteroatoms. The topological polar surface area (TPSA) is 9.23 Å². The average Bonchev–Trinajstić information content (AvgIpc) is 2.69. The van der Waals surface area contributed by atoms with Gasteiger partial charge in [-0.05, 0) is 23.1 Å². The van der Waals surface area contributed by atoms with Crippen LogP contribution < -0.4 is 15.2 Å². The lowest BCUT2D eigenvalue weighted by Crippen LogP contribution is -2.31. The fourth-order valence-corrected chi connectivity index (χ4v) is 3.05. The quantitative estimate of drug-likeness (QED) is 0.805. The van der Waals surface area contributed by atoms with E-state index < -0.39 is 11.6 Å². The Balaban J connectivity index is 2.32. The molecule has 0 aliphatic carbocycles. The van der Waals surface area contributed by atoms with Gasteiger partial charge in [0.25, 0.3) is 0 Å². The molecule has 106 valence electrons. The van der Waals surface area contributed by atoms with E-state index in [2.05, 4.69) is 6.58 Å². The minimum absolute atomic E-state index is 0.218. The van der Waals surface area contributed by atoms with Crippen LogP contribution in [0.2, 0.25) is 0 Å². The Morgan fingerprint density at radius 1 is 1.19 bits per heavy atom. The monoisotopic (exact) mass is 302 g/mol. The molecule has 1 heterocycles. The third kappa shape index (κ3) is 2.59. The summed E-state index contributed by atoms with van der Waals surface area (Å²) in [5.74, 6) is -1.45. The summed E-state index contributed by atoms with van der Waals surface area (Å²) in [4.78, 5) is 0.989. The summed E-state index contributed by atoms with van der Waals surface area (Å²) in [5, 5.41) is 2.39. The minimum Gasteiger partial charge on any atom is -0.489 e. The summed E-state index contributed by atoms with van der Waals surface area (Å²) < 4.78 is 33.3. The van der Waals surface area contributed by atoms with Crippen LogP contribution in [-0.2, 0) is 0 Å². The van der Waals surface area contributed by atoms with E-state index in [0.29, 0.717) is 11.0 Å². The van der Waals surface area contributed by atoms with Crippen molar-refractivity contribution >= 4 is 23.2 Å². The molecule has 0 saturated heterocycles. The number of benzene rings is 2. The van der Waals surface area contributed by atoms with Crippen LogP contribution in [0.25, 0.3) is 11.5 Å². The first-order valence-corrected chi connectivity index (χ1v) is 7.28. The van der Waals surface area contributed by atoms with Gasteiger partial charge in [0.15, 0.2) is 11.6 Å². The van der Waals surface area contributed by atoms with E-state index in [-0.39, 0.29) is 11.8 Å². The zero-order chi connectivity index (χ0) is 14.8. The molecular weight excluding hydrogens is 290 g/mol. The second-order valence-corrected chi connectivity index (χ2v) is 5.43. The molecule has 2 aromatic carbocycles. The van der Waals surface area contributed by atoms with Crippen LogP contribution >= 0.6 is 11.8 Å². The third-order valence-electron chi connectivity index (χ3n) is 3.14. The van der Waals surface area contributed by atoms with Gasteiger partial charge in [-0.25, -0.2) is 8.78 Å². The van der Waals surface area contributed by atoms with Crippen LogP contribution in [0.5, 0.6) is 5.75 Å². The maximum Gasteiger partial charge on any atom is 0.167 e. The summed E-state index contributed by atoms with van der Waals surface area (Å²) in [6, 6.07) is 8.78. The second-order valence-electron chi connectivity index (χ2n) is 4.52. The van der Waals surface area contributed by atoms with E-state index in [4.69, 9.17) is 4.74 Å². The van der Waals surface area contributed by atoms with Gasteiger partial charge in [-0.2, -0.15) is 0 Å². The number of halogens is 2. The Labute approximate surface area is 125 Å². The highest BCUT2D eigenvalue weighted by Crippen LogP contribution is 2.26. The normalized spacial score (nSPS) is 12.3. The highest BCUT2D eigenvalue weighted by atomic mass is 32.2. The molecule has 0 aromatic heterocycles. The Kier molecular flexibility index (Phi) is 3.80. The van der Waals surface area contributed by atoms with E-state index in [0.717, 1.165) is 16.5 Å². The van der Waals surface area contributed by atoms with Crippen LogP contribution in [0.3, 0.4) is 0 Å². The Hall–Kier alpha value is -2.07. The zero-order valence-corrected chi connectivity index (χ0v) is 11.9. The van der Waals surface area contributed by atoms with Gasteiger partial charge in [-0.15, -0.1) is 0 Å². The molecule has 1 nitrogen and oxygen atoms in total. The van der Waals surface area contributed by atoms with Crippen molar-refractivity contribution in [1.82, 2.24) is 0 Å². The maximum absolute atomic E-state index is 14.1. The number of hydrogen-bond donors (Lipinski definition) is 0. The molecule has 0 saturated carbocycles. The standard InChI is InChI=1S/C17H12F2OS/c1-2-7-20-15-9-14(18)17(19)13-10-21-16-6-4-3-5-11(16)8-12(13)15/h2-6,8-10H,1,7H2. The molecule has 3 rings (SSSR count). The van der Waals surface area contributed by atoms with E-state index in [1.165, 1.54) is 11.8 Å². The van der Waals surface area contributed by atoms with E-state index in [9.17, 15) is 8.78 Å². The first-order chi connectivity index (χ1) is 10.2. The van der Waals surface area contributed by atoms with Crippen LogP contribution in [-0.4, -0.2) is 6.61 Å². The molecule has 0 radical (unpaired) electrons. The first kappa shape index (κ1) is 13.9. The van der Waals surface area contributed by atoms with Gasteiger partial charge in [0.2, 0.25) is 0 Å². The van der Waals surface area contributed by atoms with Gasteiger partial charge in [-0.3, -0.25) is 0 Å². The molecule has 0 atom stereocenters. The van der Waals surface area contributed by atoms with Gasteiger partial charge < -0.3 is 4.74 Å². The Morgan fingerprint density at radius 2 is 2.00 bits per heavy atom. The SMILES string of the molecule is C=CCOc1cc(F)c(F)c2c1=Cc1ccccc1SC=2. The predicted octanol–water partition coefficient (Wildman–Crippen LogP) is 3.20. The van der Waals surface area contributed by atoms with Crippen molar-refractivity contribution in [2.24, 2.45) is 0 Å². The summed E-state index contributed by atoms with van der Waals surface area (Å²) >= 11 is 1.37. The summed E-state index contributed by atoms with van der Waals surface area (Å²) in [6.07, 6.45) is 3.39. The number of thioether (sulfide) groups is 1. The van der Waals surface area contributed by atoms with E-state index in [1.807, 2.05) is 30.3 Å². The van der Waals surface area contributed by atoms with Gasteiger partial charge in [-0.1, -0.05) is 42.6 Å². The van der Waals surface area contributed by atoms with Gasteiger partial charge in [0.05, 0.1) is 0 Å². The molecule has 0 unspecified atom stereocenters. The fraction of sp³-hybridized carbons (Fsp3) is 0.0588. The Morgan fingerprint density at radius 3 is 2.81 bits per heavy atom. The highest BCUT2D eigenvalue weighted by Gasteiger charge is 2.13. The van der Waals surface area contributed by atoms with Crippen molar-refractivity contribution in [3.63, 3.8) is 0 Å². The number of fused-ring (bicyclic) bond motifs is 2. The molecule has 21 heavy (non-hydrogen) atoms. The van der Waals surface area contributed by atoms with Crippen molar-refractivity contribution in [3.8, 4) is 5.75 Å². The van der Waals surface area contributed by atoms with Gasteiger partial charge >= 0.3 is 0 Å². The lowest BCUT2D eigenvalue weighted by atomic mass is 10.1. The third-order valence-corrected chi connectivity index (χ3v) is 4.12. The van der Waals surface area contributed by atoms with Crippen molar-refractivity contribution in [2.45, 2.75) is 4.90 Å². The van der Waals surface area contributed by atoms with Crippen molar-refractivity contribution in [1.29, 1.82) is 0 Å². The van der Waals surface area contributed by atoms with Crippen LogP contribution in [0.15, 0.2) is 47.9 Å². The van der Waals surface area contributed by atoms with Crippen molar-refractivity contribution < 1.29 is 13.5 Å². The maximum atomic E-state index is 14.1. The van der Waals surface area contributed by atoms with E-state index in [1.54, 1.807) is 11.5 Å². The van der Waals surface area contributed by atoms with Gasteiger partial charge in [0.1, 0.15) is 12.4 Å². The second kappa shape index (κ2) is 5.74. The van der Waals surface area contributed by atoms with E-state index >= 15 is 0 Å². The minimum atomic E-state index is -0.913. The number of rotatable bonds is 3. The largest absolute Gasteiger partial charge is 0.489 e. The number of hydrogen-bond acceptors (Lipinski definition) is 2. The molecule has 1 aliphatic heterocycles. The molecule has 2 aromatic rings. The highest BCUT2D eigenvalue weighted by molar-refractivity contribution is 8.06. The van der Waals surface area contributed by atoms with Crippen LogP contribution in [0.4, 0.5) is 8.78 Å². The molecule has 0 bridgehead atoms. The molecule has 0 N–H and O–H groups in total. The summed E-state index contributed by atoms with van der Waals surface area (Å²) in [7, 11) is 0. The first-order valence-electron chi connectivity index (χ1n) is 6.40. The smallest absolute Gasteiger partial charge is 0.167 e. The molecule has 1 aliphatic rings. The Bertz CT molecular complexity index is 827. The zero-order valence-electron chi connectivity index (χ0n) is 11.1. The summed E-state index contributed by atoms with van der Waals surface area (Å²) in [5.41, 5.74) is 0.951. The summed E-state index contributed by atoms with van der Waals surface area (Å²) in [6.45, 7) is 3.80. The van der Waals surface area contributed by atoms with Crippen LogP contribution in [0, 0.1) is 11.6 Å². The molecule has 0 fully saturated rings. The molecular formula is C17H12F2OS. The molecule has 0 spiro atoms. The lowest BCUT2D eigenvalue weighted by molar-refractivity contribution is 0.354. The van der Waals surface area contributed by atoms with Gasteiger partial charge in [0, 0.05) is 21.4 Å². The van der Waals surface area contributed by atoms with Crippen molar-refractivity contribution in [2.75, 3.05) is 6.61 Å². The fourth-order valence-electron chi connectivity index (χ4n) is 2.15. The average molecular weight is 302 g/mol. The molecule has 0 amide bonds. The van der Waals surface area contributed by atoms with Crippen LogP contribution in [0.1, 0.15) is 5.56 Å². The predicted molar refractivity (Wildman–Crippen MR) is 81.6 cm³/mol. The lowest BCUT2D eigenvalue weighted by Gasteiger charge is -2.06.